The van der Waals surface area contributed by atoms with Crippen molar-refractivity contribution in [2.45, 2.75) is 215 Å². The number of esters is 1. The van der Waals surface area contributed by atoms with Gasteiger partial charge in [-0.05, 0) is 75.2 Å². The summed E-state index contributed by atoms with van der Waals surface area (Å²) in [5, 5.41) is 39.7. The first-order valence-electron chi connectivity index (χ1n) is 31.2. The molecule has 0 spiro atoms. The van der Waals surface area contributed by atoms with Crippen LogP contribution in [-0.4, -0.2) is 155 Å². The average Bonchev–Trinajstić information content (AvgIpc) is 3.73. The fourth-order valence-electron chi connectivity index (χ4n) is 10.1. The van der Waals surface area contributed by atoms with Crippen molar-refractivity contribution in [3.05, 3.63) is 35.9 Å². The van der Waals surface area contributed by atoms with E-state index in [9.17, 15) is 67.7 Å². The lowest BCUT2D eigenvalue weighted by Crippen LogP contribution is -2.58. The van der Waals surface area contributed by atoms with Crippen molar-refractivity contribution in [2.24, 2.45) is 63.8 Å². The van der Waals surface area contributed by atoms with Crippen LogP contribution in [0.2, 0.25) is 0 Å². The van der Waals surface area contributed by atoms with Gasteiger partial charge in [-0.2, -0.15) is 0 Å². The zero-order valence-corrected chi connectivity index (χ0v) is 53.7. The molecule has 0 unspecified atom stereocenters. The summed E-state index contributed by atoms with van der Waals surface area (Å²) in [5.74, 6) is -15.0. The Labute approximate surface area is 518 Å². The monoisotopic (exact) mass is 1240 g/mol. The molecule has 0 radical (unpaired) electrons. The molecule has 8 amide bonds. The van der Waals surface area contributed by atoms with Gasteiger partial charge in [-0.15, -0.1) is 0 Å². The Hall–Kier alpha value is -7.15. The maximum Gasteiger partial charge on any atom is 0.329 e. The molecule has 0 aromatic heterocycles. The predicted octanol–water partition coefficient (Wildman–Crippen LogP) is 1.93. The van der Waals surface area contributed by atoms with Crippen molar-refractivity contribution in [1.82, 2.24) is 37.2 Å². The molecule has 25 nitrogen and oxygen atoms in total. The number of ketones is 3. The fourth-order valence-corrected chi connectivity index (χ4v) is 10.1. The van der Waals surface area contributed by atoms with E-state index >= 15 is 0 Å². The minimum Gasteiger partial charge on any atom is -0.458 e. The summed E-state index contributed by atoms with van der Waals surface area (Å²) < 4.78 is 5.79. The first-order chi connectivity index (χ1) is 41.5. The normalized spacial score (nSPS) is 21.5. The summed E-state index contributed by atoms with van der Waals surface area (Å²) in [5.41, 5.74) is 12.1. The van der Waals surface area contributed by atoms with Crippen molar-refractivity contribution in [1.29, 1.82) is 0 Å². The van der Waals surface area contributed by atoms with Gasteiger partial charge < -0.3 is 63.6 Å². The van der Waals surface area contributed by atoms with Crippen LogP contribution in [0.4, 0.5) is 0 Å². The smallest absolute Gasteiger partial charge is 0.329 e. The number of nitrogens with zero attached hydrogens (tertiary/aromatic N) is 1. The number of amides is 8. The number of rotatable bonds is 36. The number of nitrogens with one attached hydrogen (secondary N) is 7. The number of ether oxygens (including phenoxy) is 1. The van der Waals surface area contributed by atoms with Gasteiger partial charge in [0.1, 0.15) is 36.3 Å². The lowest BCUT2D eigenvalue weighted by molar-refractivity contribution is -0.157. The van der Waals surface area contributed by atoms with E-state index in [-0.39, 0.29) is 31.7 Å². The van der Waals surface area contributed by atoms with Gasteiger partial charge in [-0.25, -0.2) is 4.79 Å². The molecule has 25 heteroatoms. The number of cyclic esters (lactones) is 1. The average molecular weight is 1240 g/mol. The summed E-state index contributed by atoms with van der Waals surface area (Å²) in [6.07, 6.45) is -0.890. The number of benzene rings is 1. The zero-order valence-electron chi connectivity index (χ0n) is 53.7. The third kappa shape index (κ3) is 24.8. The van der Waals surface area contributed by atoms with Gasteiger partial charge in [-0.3, -0.25) is 57.7 Å². The predicted molar refractivity (Wildman–Crippen MR) is 330 cm³/mol. The molecule has 0 saturated carbocycles. The van der Waals surface area contributed by atoms with Gasteiger partial charge in [-0.1, -0.05) is 125 Å². The molecule has 1 heterocycles. The Balaban J connectivity index is 2.41. The van der Waals surface area contributed by atoms with Crippen LogP contribution in [0.15, 0.2) is 35.3 Å². The van der Waals surface area contributed by atoms with Crippen molar-refractivity contribution < 1.29 is 72.5 Å². The number of aliphatic hydroxyl groups excluding tert-OH is 2. The number of nitrogens with two attached hydrogens (primary N) is 2. The Bertz CT molecular complexity index is 2550. The van der Waals surface area contributed by atoms with E-state index < -0.39 is 193 Å². The van der Waals surface area contributed by atoms with Crippen LogP contribution >= 0.6 is 0 Å². The number of carbonyl (C=O) groups excluding carboxylic acids is 12. The number of hydrogen-bond acceptors (Lipinski definition) is 16. The van der Waals surface area contributed by atoms with Crippen molar-refractivity contribution >= 4 is 76.4 Å². The first-order valence-corrected chi connectivity index (χ1v) is 31.2. The lowest BCUT2D eigenvalue weighted by Gasteiger charge is -2.31. The summed E-state index contributed by atoms with van der Waals surface area (Å²) in [6, 6.07) is -0.0801. The van der Waals surface area contributed by atoms with Gasteiger partial charge in [0.2, 0.25) is 47.3 Å². The number of primary amides is 1. The molecule has 1 aromatic rings. The number of amidine groups is 1. The van der Waals surface area contributed by atoms with Gasteiger partial charge in [0.05, 0.1) is 37.1 Å². The van der Waals surface area contributed by atoms with Crippen LogP contribution < -0.4 is 48.7 Å². The van der Waals surface area contributed by atoms with E-state index in [4.69, 9.17) is 16.2 Å². The molecule has 1 saturated heterocycles. The first kappa shape index (κ1) is 76.9. The third-order valence-corrected chi connectivity index (χ3v) is 16.9. The van der Waals surface area contributed by atoms with E-state index in [1.165, 1.54) is 13.8 Å². The topological polar surface area (TPSA) is 403 Å². The maximum atomic E-state index is 14.5. The molecule has 1 fully saturated rings. The van der Waals surface area contributed by atoms with Gasteiger partial charge in [0.15, 0.2) is 17.3 Å². The molecule has 88 heavy (non-hydrogen) atoms. The maximum absolute atomic E-state index is 14.5. The highest BCUT2D eigenvalue weighted by Crippen LogP contribution is 2.25. The van der Waals surface area contributed by atoms with Crippen LogP contribution in [0.3, 0.4) is 0 Å². The zero-order chi connectivity index (χ0) is 66.5. The minimum absolute atomic E-state index is 0.118. The fraction of sp³-hybridized carbons (Fsp3) is 0.698. The van der Waals surface area contributed by atoms with E-state index in [2.05, 4.69) is 42.2 Å². The van der Waals surface area contributed by atoms with Crippen molar-refractivity contribution in [3.8, 4) is 0 Å². The van der Waals surface area contributed by atoms with Crippen molar-refractivity contribution in [2.75, 3.05) is 19.8 Å². The van der Waals surface area contributed by atoms with Crippen LogP contribution in [0.5, 0.6) is 0 Å². The second-order valence-corrected chi connectivity index (χ2v) is 23.9. The van der Waals surface area contributed by atoms with Gasteiger partial charge >= 0.3 is 5.97 Å². The second-order valence-electron chi connectivity index (χ2n) is 23.9. The lowest BCUT2D eigenvalue weighted by atomic mass is 9.83. The van der Waals surface area contributed by atoms with E-state index in [0.717, 1.165) is 5.56 Å². The standard InChI is InChI=1S/C63H102N10O15/c1-13-34(6)44(31-48(76)45(25-26-51(65)79)67-61(85)47(33-75)69-62(86)53(36(8)15-3)71-57(81)42(17-5)29-41-22-19-18-20-23-41)59(83)70-52(35(7)14-2)50(78)30-43(32-74)58(82)73-55-39(11)88-63(87)54(37(9)16-4)72-60(84)46(24-21-27-66-40(12)64)68-56(80)38(10)28-49(55)77/h18-20,22-23,34-39,42-47,52-55,74-75H,13-17,21,24-33H2,1-12H3,(H2,64,66)(H2,65,79)(H,67,85)(H,68,80)(H,69,86)(H,70,83)(H,71,81)(H,72,84)(H,73,82)/t34-,35-,36-,37-,38+,39-,42+,43-,44+,45+,46-,47-,52-,53-,54-,55+/m0/s1. The summed E-state index contributed by atoms with van der Waals surface area (Å²) >= 11 is 0. The Morgan fingerprint density at radius 1 is 0.670 bits per heavy atom. The second kappa shape index (κ2) is 39.0. The van der Waals surface area contributed by atoms with Gasteiger partial charge in [0.25, 0.3) is 0 Å². The van der Waals surface area contributed by atoms with Crippen molar-refractivity contribution in [3.63, 3.8) is 0 Å². The third-order valence-electron chi connectivity index (χ3n) is 16.9. The molecule has 1 aliphatic heterocycles. The molecule has 1 aromatic carbocycles. The van der Waals surface area contributed by atoms with Crippen LogP contribution in [0, 0.1) is 47.3 Å². The largest absolute Gasteiger partial charge is 0.458 e. The van der Waals surface area contributed by atoms with Crippen LogP contribution in [0.1, 0.15) is 166 Å². The number of carbonyl (C=O) groups is 12. The summed E-state index contributed by atoms with van der Waals surface area (Å²) in [7, 11) is 0. The highest BCUT2D eigenvalue weighted by atomic mass is 16.5. The number of aliphatic imine (C=N–C) groups is 1. The molecular formula is C63H102N10O15. The highest BCUT2D eigenvalue weighted by Gasteiger charge is 2.41. The summed E-state index contributed by atoms with van der Waals surface area (Å²) in [6.45, 7) is 18.6. The van der Waals surface area contributed by atoms with Crippen LogP contribution in [-0.2, 0) is 68.7 Å². The number of Topliss-reactive ketones (excluding diaryl/α,β-unsaturated/α-hetero) is 3. The number of aliphatic hydroxyl groups is 2. The quantitative estimate of drug-likeness (QED) is 0.0198. The molecule has 1 aliphatic rings. The van der Waals surface area contributed by atoms with Crippen LogP contribution in [0.25, 0.3) is 0 Å². The highest BCUT2D eigenvalue weighted by molar-refractivity contribution is 5.99. The molecular weight excluding hydrogens is 1140 g/mol. The SMILES string of the molecule is CC[C@H](Cc1ccccc1)C(=O)N[C@H](C(=O)N[C@@H](CO)C(=O)N[C@H](CCC(N)=O)C(=O)C[C@@H](C(=O)N[C@H](C(=O)C[C@@H](CO)C(=O)N[C@H]1C(=O)C[C@@H](C)C(=O)N[C@@H](CCCN=C(C)N)C(=O)N[C@@H]([C@@H](C)CC)C(=O)O[C@H]1C)[C@@H](C)CC)[C@@H](C)CC)[C@@H](C)CC. The van der Waals surface area contributed by atoms with E-state index in [1.54, 1.807) is 55.4 Å². The van der Waals surface area contributed by atoms with E-state index in [1.807, 2.05) is 44.2 Å². The summed E-state index contributed by atoms with van der Waals surface area (Å²) in [4.78, 5) is 170. The minimum atomic E-state index is -1.63. The molecule has 13 N–H and O–H groups in total. The molecule has 16 atom stereocenters. The molecule has 2 rings (SSSR count). The Morgan fingerprint density at radius 3 is 1.83 bits per heavy atom. The number of hydrogen-bond donors (Lipinski definition) is 11. The molecule has 0 bridgehead atoms. The van der Waals surface area contributed by atoms with Gasteiger partial charge in [0, 0.05) is 50.0 Å². The molecule has 494 valence electrons. The Morgan fingerprint density at radius 2 is 1.27 bits per heavy atom. The molecule has 0 aliphatic carbocycles. The Kier molecular flexibility index (Phi) is 34.1. The van der Waals surface area contributed by atoms with E-state index in [0.29, 0.717) is 50.8 Å².